The number of amides is 1. The minimum Gasteiger partial charge on any atom is -0.322 e. The van der Waals surface area contributed by atoms with Crippen molar-refractivity contribution < 1.29 is 17.6 Å². The number of hydrogen-bond donors (Lipinski definition) is 1. The lowest BCUT2D eigenvalue weighted by Crippen LogP contribution is -2.18. The van der Waals surface area contributed by atoms with Gasteiger partial charge in [0.2, 0.25) is 0 Å². The van der Waals surface area contributed by atoms with Gasteiger partial charge in [-0.05, 0) is 56.2 Å². The van der Waals surface area contributed by atoms with E-state index >= 15 is 0 Å². The maximum absolute atomic E-state index is 14.0. The zero-order chi connectivity index (χ0) is 21.3. The van der Waals surface area contributed by atoms with Gasteiger partial charge < -0.3 is 5.32 Å². The molecule has 156 valence electrons. The van der Waals surface area contributed by atoms with Crippen molar-refractivity contribution in [2.75, 3.05) is 5.32 Å². The highest BCUT2D eigenvalue weighted by molar-refractivity contribution is 7.92. The molecule has 1 amide bonds. The summed E-state index contributed by atoms with van der Waals surface area (Å²) in [5.41, 5.74) is 1.54. The van der Waals surface area contributed by atoms with Gasteiger partial charge in [0, 0.05) is 5.69 Å². The third kappa shape index (κ3) is 3.75. The SMILES string of the molecule is Cc1c(C(=O)Nc2ccc(S(=O)(=O)C3CCCC3)cc2)cnn1-c1ccccc1F. The number of nitrogens with zero attached hydrogens (tertiary/aromatic N) is 2. The average Bonchev–Trinajstić information content (AvgIpc) is 3.39. The Kier molecular flexibility index (Phi) is 5.42. The summed E-state index contributed by atoms with van der Waals surface area (Å²) in [6.45, 7) is 1.69. The van der Waals surface area contributed by atoms with Crippen LogP contribution in [0.3, 0.4) is 0 Å². The molecule has 1 heterocycles. The first kappa shape index (κ1) is 20.3. The molecule has 0 bridgehead atoms. The largest absolute Gasteiger partial charge is 0.322 e. The Morgan fingerprint density at radius 1 is 1.10 bits per heavy atom. The van der Waals surface area contributed by atoms with Gasteiger partial charge in [0.25, 0.3) is 5.91 Å². The summed E-state index contributed by atoms with van der Waals surface area (Å²) in [5, 5.41) is 6.57. The molecule has 4 rings (SSSR count). The Hall–Kier alpha value is -3.00. The number of sulfone groups is 1. The lowest BCUT2D eigenvalue weighted by molar-refractivity contribution is 0.102. The van der Waals surface area contributed by atoms with Gasteiger partial charge in [0.15, 0.2) is 9.84 Å². The second-order valence-electron chi connectivity index (χ2n) is 7.44. The van der Waals surface area contributed by atoms with Crippen LogP contribution in [0.25, 0.3) is 5.69 Å². The number of hydrogen-bond acceptors (Lipinski definition) is 4. The predicted molar refractivity (Wildman–Crippen MR) is 112 cm³/mol. The van der Waals surface area contributed by atoms with Crippen LogP contribution in [0.2, 0.25) is 0 Å². The number of aromatic nitrogens is 2. The molecule has 1 aliphatic rings. The van der Waals surface area contributed by atoms with E-state index in [1.807, 2.05) is 0 Å². The predicted octanol–water partition coefficient (Wildman–Crippen LogP) is 4.29. The van der Waals surface area contributed by atoms with Crippen molar-refractivity contribution in [3.8, 4) is 5.69 Å². The van der Waals surface area contributed by atoms with Crippen LogP contribution in [-0.4, -0.2) is 29.4 Å². The standard InChI is InChI=1S/C22H22FN3O3S/c1-15-19(14-24-26(15)21-9-5-4-8-20(21)23)22(27)25-16-10-12-18(13-11-16)30(28,29)17-6-2-3-7-17/h4-5,8-14,17H,2-3,6-7H2,1H3,(H,25,27). The summed E-state index contributed by atoms with van der Waals surface area (Å²) in [4.78, 5) is 13.0. The first-order valence-corrected chi connectivity index (χ1v) is 11.4. The summed E-state index contributed by atoms with van der Waals surface area (Å²) in [6, 6.07) is 12.4. The molecular formula is C22H22FN3O3S. The van der Waals surface area contributed by atoms with E-state index in [1.165, 1.54) is 29.1 Å². The van der Waals surface area contributed by atoms with E-state index in [2.05, 4.69) is 10.4 Å². The van der Waals surface area contributed by atoms with E-state index < -0.39 is 21.6 Å². The molecule has 6 nitrogen and oxygen atoms in total. The normalized spacial score (nSPS) is 14.7. The minimum atomic E-state index is -3.34. The molecule has 0 radical (unpaired) electrons. The van der Waals surface area contributed by atoms with Crippen molar-refractivity contribution >= 4 is 21.4 Å². The molecule has 1 aliphatic carbocycles. The quantitative estimate of drug-likeness (QED) is 0.659. The highest BCUT2D eigenvalue weighted by atomic mass is 32.2. The van der Waals surface area contributed by atoms with Gasteiger partial charge in [0.1, 0.15) is 11.5 Å². The molecule has 1 N–H and O–H groups in total. The molecule has 0 saturated heterocycles. The summed E-state index contributed by atoms with van der Waals surface area (Å²) < 4.78 is 40.8. The van der Waals surface area contributed by atoms with Gasteiger partial charge in [-0.15, -0.1) is 0 Å². The molecule has 8 heteroatoms. The van der Waals surface area contributed by atoms with Crippen molar-refractivity contribution in [1.82, 2.24) is 9.78 Å². The fourth-order valence-corrected chi connectivity index (χ4v) is 5.67. The third-order valence-corrected chi connectivity index (χ3v) is 7.80. The maximum Gasteiger partial charge on any atom is 0.259 e. The first-order valence-electron chi connectivity index (χ1n) is 9.83. The Bertz CT molecular complexity index is 1180. The fourth-order valence-electron chi connectivity index (χ4n) is 3.82. The molecule has 1 saturated carbocycles. The van der Waals surface area contributed by atoms with Crippen molar-refractivity contribution in [3.05, 3.63) is 71.8 Å². The molecule has 1 fully saturated rings. The van der Waals surface area contributed by atoms with Crippen molar-refractivity contribution in [2.45, 2.75) is 42.8 Å². The second kappa shape index (κ2) is 8.02. The summed E-state index contributed by atoms with van der Waals surface area (Å²) in [6.07, 6.45) is 4.67. The lowest BCUT2D eigenvalue weighted by atomic mass is 10.2. The molecule has 1 aromatic heterocycles. The van der Waals surface area contributed by atoms with Crippen LogP contribution in [0, 0.1) is 12.7 Å². The van der Waals surface area contributed by atoms with E-state index in [4.69, 9.17) is 0 Å². The van der Waals surface area contributed by atoms with Crippen LogP contribution in [0.15, 0.2) is 59.6 Å². The number of anilines is 1. The van der Waals surface area contributed by atoms with Crippen LogP contribution >= 0.6 is 0 Å². The Morgan fingerprint density at radius 3 is 2.43 bits per heavy atom. The van der Waals surface area contributed by atoms with Gasteiger partial charge in [-0.25, -0.2) is 17.5 Å². The number of para-hydroxylation sites is 1. The van der Waals surface area contributed by atoms with Gasteiger partial charge in [-0.3, -0.25) is 4.79 Å². The van der Waals surface area contributed by atoms with Gasteiger partial charge in [-0.2, -0.15) is 5.10 Å². The average molecular weight is 428 g/mol. The molecule has 0 aliphatic heterocycles. The zero-order valence-corrected chi connectivity index (χ0v) is 17.3. The third-order valence-electron chi connectivity index (χ3n) is 5.52. The van der Waals surface area contributed by atoms with Gasteiger partial charge in [0.05, 0.1) is 27.6 Å². The van der Waals surface area contributed by atoms with E-state index in [9.17, 15) is 17.6 Å². The van der Waals surface area contributed by atoms with Gasteiger partial charge >= 0.3 is 0 Å². The Morgan fingerprint density at radius 2 is 1.77 bits per heavy atom. The van der Waals surface area contributed by atoms with Crippen molar-refractivity contribution in [3.63, 3.8) is 0 Å². The van der Waals surface area contributed by atoms with Crippen molar-refractivity contribution in [2.24, 2.45) is 0 Å². The molecule has 0 atom stereocenters. The zero-order valence-electron chi connectivity index (χ0n) is 16.5. The summed E-state index contributed by atoms with van der Waals surface area (Å²) in [7, 11) is -3.34. The number of carbonyl (C=O) groups is 1. The minimum absolute atomic E-state index is 0.260. The van der Waals surface area contributed by atoms with Crippen LogP contribution in [0.5, 0.6) is 0 Å². The number of rotatable bonds is 5. The lowest BCUT2D eigenvalue weighted by Gasteiger charge is -2.12. The molecule has 0 unspecified atom stereocenters. The highest BCUT2D eigenvalue weighted by Crippen LogP contribution is 2.30. The molecule has 3 aromatic rings. The second-order valence-corrected chi connectivity index (χ2v) is 9.66. The van der Waals surface area contributed by atoms with Gasteiger partial charge in [-0.1, -0.05) is 25.0 Å². The monoisotopic (exact) mass is 427 g/mol. The molecule has 2 aromatic carbocycles. The Labute approximate surface area is 174 Å². The Balaban J connectivity index is 1.52. The number of halogens is 1. The number of carbonyl (C=O) groups excluding carboxylic acids is 1. The maximum atomic E-state index is 14.0. The van der Waals surface area contributed by atoms with Crippen LogP contribution < -0.4 is 5.32 Å². The molecular weight excluding hydrogens is 405 g/mol. The van der Waals surface area contributed by atoms with E-state index in [-0.39, 0.29) is 15.8 Å². The number of benzene rings is 2. The summed E-state index contributed by atoms with van der Waals surface area (Å²) in [5.74, 6) is -0.837. The van der Waals surface area contributed by atoms with Crippen LogP contribution in [0.1, 0.15) is 41.7 Å². The molecule has 0 spiro atoms. The topological polar surface area (TPSA) is 81.1 Å². The smallest absolute Gasteiger partial charge is 0.259 e. The summed E-state index contributed by atoms with van der Waals surface area (Å²) >= 11 is 0. The number of nitrogens with one attached hydrogen (secondary N) is 1. The van der Waals surface area contributed by atoms with Crippen LogP contribution in [-0.2, 0) is 9.84 Å². The highest BCUT2D eigenvalue weighted by Gasteiger charge is 2.30. The fraction of sp³-hybridized carbons (Fsp3) is 0.273. The van der Waals surface area contributed by atoms with Crippen LogP contribution in [0.4, 0.5) is 10.1 Å². The van der Waals surface area contributed by atoms with Crippen molar-refractivity contribution in [1.29, 1.82) is 0 Å². The van der Waals surface area contributed by atoms with E-state index in [0.29, 0.717) is 29.8 Å². The molecule has 30 heavy (non-hydrogen) atoms. The first-order chi connectivity index (χ1) is 14.4. The van der Waals surface area contributed by atoms with E-state index in [0.717, 1.165) is 12.8 Å². The van der Waals surface area contributed by atoms with E-state index in [1.54, 1.807) is 37.3 Å².